The molecule has 0 fully saturated rings. The van der Waals surface area contributed by atoms with Crippen molar-refractivity contribution < 1.29 is 12.8 Å². The Morgan fingerprint density at radius 2 is 2.12 bits per heavy atom. The summed E-state index contributed by atoms with van der Waals surface area (Å²) in [5, 5.41) is 2.65. The Kier molecular flexibility index (Phi) is 4.21. The lowest BCUT2D eigenvalue weighted by molar-refractivity contribution is 0.596. The van der Waals surface area contributed by atoms with Crippen LogP contribution in [0.3, 0.4) is 0 Å². The van der Waals surface area contributed by atoms with Crippen LogP contribution in [0.2, 0.25) is 5.02 Å². The highest BCUT2D eigenvalue weighted by Gasteiger charge is 2.15. The summed E-state index contributed by atoms with van der Waals surface area (Å²) in [4.78, 5) is 0. The first-order valence-corrected chi connectivity index (χ1v) is 7.32. The molecule has 1 aromatic carbocycles. The molecule has 0 heterocycles. The number of benzene rings is 1. The molecule has 96 valence electrons. The van der Waals surface area contributed by atoms with E-state index < -0.39 is 21.7 Å². The molecule has 1 atom stereocenters. The zero-order valence-electron chi connectivity index (χ0n) is 9.50. The summed E-state index contributed by atoms with van der Waals surface area (Å²) in [7, 11) is -3.14. The van der Waals surface area contributed by atoms with Crippen molar-refractivity contribution in [2.75, 3.05) is 23.1 Å². The van der Waals surface area contributed by atoms with Gasteiger partial charge in [0.05, 0.1) is 22.2 Å². The third-order valence-corrected chi connectivity index (χ3v) is 3.47. The van der Waals surface area contributed by atoms with Gasteiger partial charge in [0, 0.05) is 12.3 Å². The number of anilines is 2. The fourth-order valence-electron chi connectivity index (χ4n) is 1.45. The first-order chi connectivity index (χ1) is 7.70. The van der Waals surface area contributed by atoms with Crippen LogP contribution in [0.1, 0.15) is 6.92 Å². The Morgan fingerprint density at radius 3 is 2.65 bits per heavy atom. The number of nitrogens with one attached hydrogen (secondary N) is 1. The van der Waals surface area contributed by atoms with Gasteiger partial charge in [-0.05, 0) is 19.1 Å². The molecule has 0 amide bonds. The van der Waals surface area contributed by atoms with Crippen LogP contribution in [0, 0.1) is 5.82 Å². The Balaban J connectivity index is 2.92. The standard InChI is InChI=1S/C10H14ClFN2O2S/c1-6(5-17(2,15)16)14-10-8(13)4-3-7(11)9(10)12/h3-4,6,14H,5,13H2,1-2H3. The van der Waals surface area contributed by atoms with Crippen LogP contribution in [-0.2, 0) is 9.84 Å². The maximum atomic E-state index is 13.6. The van der Waals surface area contributed by atoms with Gasteiger partial charge in [0.25, 0.3) is 0 Å². The fraction of sp³-hybridized carbons (Fsp3) is 0.400. The second-order valence-corrected chi connectivity index (χ2v) is 6.56. The van der Waals surface area contributed by atoms with Crippen molar-refractivity contribution in [1.82, 2.24) is 0 Å². The molecule has 0 aliphatic heterocycles. The molecule has 0 spiro atoms. The van der Waals surface area contributed by atoms with E-state index >= 15 is 0 Å². The largest absolute Gasteiger partial charge is 0.397 e. The Labute approximate surface area is 105 Å². The number of halogens is 2. The van der Waals surface area contributed by atoms with Crippen LogP contribution in [0.25, 0.3) is 0 Å². The quantitative estimate of drug-likeness (QED) is 0.827. The highest BCUT2D eigenvalue weighted by atomic mass is 35.5. The minimum atomic E-state index is -3.14. The molecule has 0 saturated carbocycles. The Hall–Kier alpha value is -1.01. The van der Waals surface area contributed by atoms with Gasteiger partial charge in [-0.25, -0.2) is 12.8 Å². The smallest absolute Gasteiger partial charge is 0.166 e. The molecule has 1 aromatic rings. The lowest BCUT2D eigenvalue weighted by atomic mass is 10.2. The van der Waals surface area contributed by atoms with Gasteiger partial charge in [0.15, 0.2) is 5.82 Å². The molecule has 0 aliphatic rings. The summed E-state index contributed by atoms with van der Waals surface area (Å²) < 4.78 is 35.8. The van der Waals surface area contributed by atoms with Gasteiger partial charge in [0.2, 0.25) is 0 Å². The molecule has 17 heavy (non-hydrogen) atoms. The zero-order chi connectivity index (χ0) is 13.2. The number of hydrogen-bond acceptors (Lipinski definition) is 4. The van der Waals surface area contributed by atoms with Crippen molar-refractivity contribution in [2.45, 2.75) is 13.0 Å². The van der Waals surface area contributed by atoms with E-state index in [1.807, 2.05) is 0 Å². The average Bonchev–Trinajstić information content (AvgIpc) is 2.16. The van der Waals surface area contributed by atoms with Gasteiger partial charge < -0.3 is 11.1 Å². The maximum Gasteiger partial charge on any atom is 0.166 e. The second kappa shape index (κ2) is 5.10. The molecule has 0 bridgehead atoms. The average molecular weight is 281 g/mol. The summed E-state index contributed by atoms with van der Waals surface area (Å²) in [6.07, 6.45) is 1.11. The van der Waals surface area contributed by atoms with E-state index in [1.54, 1.807) is 6.92 Å². The molecule has 0 aromatic heterocycles. The molecule has 1 rings (SSSR count). The van der Waals surface area contributed by atoms with Crippen molar-refractivity contribution in [3.8, 4) is 0 Å². The molecular formula is C10H14ClFN2O2S. The Bertz CT molecular complexity index is 519. The summed E-state index contributed by atoms with van der Waals surface area (Å²) in [6.45, 7) is 1.63. The monoisotopic (exact) mass is 280 g/mol. The van der Waals surface area contributed by atoms with Gasteiger partial charge in [0.1, 0.15) is 9.84 Å². The fourth-order valence-corrected chi connectivity index (χ4v) is 2.60. The molecule has 0 aliphatic carbocycles. The summed E-state index contributed by atoms with van der Waals surface area (Å²) >= 11 is 5.61. The third kappa shape index (κ3) is 4.05. The van der Waals surface area contributed by atoms with Crippen molar-refractivity contribution >= 4 is 32.8 Å². The molecule has 0 saturated heterocycles. The van der Waals surface area contributed by atoms with E-state index in [0.29, 0.717) is 0 Å². The lowest BCUT2D eigenvalue weighted by Crippen LogP contribution is -2.26. The van der Waals surface area contributed by atoms with Crippen molar-refractivity contribution in [2.24, 2.45) is 0 Å². The van der Waals surface area contributed by atoms with Gasteiger partial charge in [-0.3, -0.25) is 0 Å². The van der Waals surface area contributed by atoms with Crippen molar-refractivity contribution in [3.63, 3.8) is 0 Å². The van der Waals surface area contributed by atoms with E-state index in [4.69, 9.17) is 17.3 Å². The number of rotatable bonds is 4. The highest BCUT2D eigenvalue weighted by molar-refractivity contribution is 7.90. The van der Waals surface area contributed by atoms with Gasteiger partial charge in [-0.2, -0.15) is 0 Å². The topological polar surface area (TPSA) is 72.2 Å². The normalized spacial score (nSPS) is 13.4. The predicted octanol–water partition coefficient (Wildman–Crippen LogP) is 1.91. The van der Waals surface area contributed by atoms with Crippen molar-refractivity contribution in [1.29, 1.82) is 0 Å². The van der Waals surface area contributed by atoms with E-state index in [-0.39, 0.29) is 22.2 Å². The summed E-state index contributed by atoms with van der Waals surface area (Å²) in [6, 6.07) is 2.35. The minimum Gasteiger partial charge on any atom is -0.397 e. The lowest BCUT2D eigenvalue weighted by Gasteiger charge is -2.17. The SMILES string of the molecule is CC(CS(C)(=O)=O)Nc1c(N)ccc(Cl)c1F. The second-order valence-electron chi connectivity index (χ2n) is 3.96. The first kappa shape index (κ1) is 14.1. The van der Waals surface area contributed by atoms with E-state index in [1.165, 1.54) is 12.1 Å². The first-order valence-electron chi connectivity index (χ1n) is 4.88. The number of sulfone groups is 1. The van der Waals surface area contributed by atoms with E-state index in [2.05, 4.69) is 5.32 Å². The predicted molar refractivity (Wildman–Crippen MR) is 68.6 cm³/mol. The molecule has 1 unspecified atom stereocenters. The van der Waals surface area contributed by atoms with Gasteiger partial charge in [-0.1, -0.05) is 11.6 Å². The van der Waals surface area contributed by atoms with Crippen LogP contribution in [0.5, 0.6) is 0 Å². The van der Waals surface area contributed by atoms with E-state index in [0.717, 1.165) is 6.26 Å². The van der Waals surface area contributed by atoms with Crippen molar-refractivity contribution in [3.05, 3.63) is 23.0 Å². The van der Waals surface area contributed by atoms with E-state index in [9.17, 15) is 12.8 Å². The van der Waals surface area contributed by atoms with Crippen LogP contribution in [0.15, 0.2) is 12.1 Å². The summed E-state index contributed by atoms with van der Waals surface area (Å²) in [5.41, 5.74) is 5.81. The van der Waals surface area contributed by atoms with Gasteiger partial charge in [-0.15, -0.1) is 0 Å². The number of nitrogens with two attached hydrogens (primary N) is 1. The zero-order valence-corrected chi connectivity index (χ0v) is 11.1. The highest BCUT2D eigenvalue weighted by Crippen LogP contribution is 2.28. The Morgan fingerprint density at radius 1 is 1.53 bits per heavy atom. The molecular weight excluding hydrogens is 267 g/mol. The summed E-state index contributed by atoms with van der Waals surface area (Å²) in [5.74, 6) is -0.787. The molecule has 4 nitrogen and oxygen atoms in total. The van der Waals surface area contributed by atoms with Crippen LogP contribution in [-0.4, -0.2) is 26.5 Å². The number of hydrogen-bond donors (Lipinski definition) is 2. The van der Waals surface area contributed by atoms with Crippen LogP contribution in [0.4, 0.5) is 15.8 Å². The van der Waals surface area contributed by atoms with Crippen LogP contribution >= 0.6 is 11.6 Å². The molecule has 3 N–H and O–H groups in total. The molecule has 0 radical (unpaired) electrons. The maximum absolute atomic E-state index is 13.6. The van der Waals surface area contributed by atoms with Gasteiger partial charge >= 0.3 is 0 Å². The molecule has 7 heteroatoms. The third-order valence-electron chi connectivity index (χ3n) is 2.07. The minimum absolute atomic E-state index is 0.0358. The number of nitrogen functional groups attached to an aromatic ring is 1. The van der Waals surface area contributed by atoms with Crippen LogP contribution < -0.4 is 11.1 Å².